The molecule has 0 amide bonds. The summed E-state index contributed by atoms with van der Waals surface area (Å²) in [7, 11) is 0. The van der Waals surface area contributed by atoms with Crippen molar-refractivity contribution in [2.75, 3.05) is 0 Å². The molecule has 0 bridgehead atoms. The Morgan fingerprint density at radius 2 is 2.00 bits per heavy atom. The maximum atomic E-state index is 6.05. The van der Waals surface area contributed by atoms with Gasteiger partial charge in [0.05, 0.1) is 0 Å². The minimum absolute atomic E-state index is 0.871. The van der Waals surface area contributed by atoms with E-state index in [4.69, 9.17) is 11.6 Å². The zero-order valence-electron chi connectivity index (χ0n) is 10.6. The van der Waals surface area contributed by atoms with Crippen LogP contribution in [0.5, 0.6) is 0 Å². The Bertz CT molecular complexity index is 404. The number of benzene rings is 1. The number of hydrogen-bond acceptors (Lipinski definition) is 0. The maximum absolute atomic E-state index is 6.05. The number of unbranched alkanes of at least 4 members (excludes halogenated alkanes) is 3. The van der Waals surface area contributed by atoms with Crippen LogP contribution < -0.4 is 0 Å². The van der Waals surface area contributed by atoms with Gasteiger partial charge in [0.25, 0.3) is 0 Å². The summed E-state index contributed by atoms with van der Waals surface area (Å²) in [6.45, 7) is 2.26. The quantitative estimate of drug-likeness (QED) is 0.488. The first-order valence-corrected chi connectivity index (χ1v) is 7.12. The number of allylic oxidation sites excluding steroid dienone is 2. The minimum atomic E-state index is 0.871. The van der Waals surface area contributed by atoms with Gasteiger partial charge in [-0.05, 0) is 48.9 Å². The lowest BCUT2D eigenvalue weighted by Gasteiger charge is -2.17. The molecule has 0 saturated heterocycles. The van der Waals surface area contributed by atoms with Gasteiger partial charge in [0.2, 0.25) is 0 Å². The molecule has 0 saturated carbocycles. The van der Waals surface area contributed by atoms with Gasteiger partial charge >= 0.3 is 0 Å². The van der Waals surface area contributed by atoms with Crippen LogP contribution in [0.2, 0.25) is 5.02 Å². The van der Waals surface area contributed by atoms with Crippen LogP contribution in [0.3, 0.4) is 0 Å². The number of rotatable bonds is 5. The highest BCUT2D eigenvalue weighted by Crippen LogP contribution is 2.26. The highest BCUT2D eigenvalue weighted by Gasteiger charge is 2.10. The lowest BCUT2D eigenvalue weighted by atomic mass is 9.89. The van der Waals surface area contributed by atoms with Crippen molar-refractivity contribution in [1.29, 1.82) is 0 Å². The SMILES string of the molecule is CCCCCCC1=CCc2ccc(Cl)cc2C1. The summed E-state index contributed by atoms with van der Waals surface area (Å²) in [6.07, 6.45) is 11.3. The summed E-state index contributed by atoms with van der Waals surface area (Å²) in [6, 6.07) is 6.30. The average Bonchev–Trinajstić information content (AvgIpc) is 2.34. The van der Waals surface area contributed by atoms with E-state index in [0.29, 0.717) is 0 Å². The second kappa shape index (κ2) is 6.26. The molecule has 1 aromatic carbocycles. The molecule has 0 aromatic heterocycles. The van der Waals surface area contributed by atoms with E-state index in [1.165, 1.54) is 43.2 Å². The molecule has 0 spiro atoms. The Labute approximate surface area is 110 Å². The molecule has 2 rings (SSSR count). The lowest BCUT2D eigenvalue weighted by Crippen LogP contribution is -2.03. The largest absolute Gasteiger partial charge is 0.0843 e. The molecule has 1 aromatic rings. The van der Waals surface area contributed by atoms with Crippen molar-refractivity contribution in [3.8, 4) is 0 Å². The van der Waals surface area contributed by atoms with Crippen molar-refractivity contribution in [3.05, 3.63) is 46.0 Å². The van der Waals surface area contributed by atoms with Crippen LogP contribution >= 0.6 is 11.6 Å². The van der Waals surface area contributed by atoms with Gasteiger partial charge in [-0.25, -0.2) is 0 Å². The first kappa shape index (κ1) is 12.7. The van der Waals surface area contributed by atoms with Crippen LogP contribution in [0, 0.1) is 0 Å². The molecule has 17 heavy (non-hydrogen) atoms. The molecule has 0 unspecified atom stereocenters. The molecule has 0 N–H and O–H groups in total. The zero-order chi connectivity index (χ0) is 12.1. The second-order valence-corrected chi connectivity index (χ2v) is 5.40. The summed E-state index contributed by atoms with van der Waals surface area (Å²) in [5.41, 5.74) is 4.49. The number of halogens is 1. The normalized spacial score (nSPS) is 14.4. The van der Waals surface area contributed by atoms with Gasteiger partial charge in [-0.1, -0.05) is 55.5 Å². The van der Waals surface area contributed by atoms with E-state index in [-0.39, 0.29) is 0 Å². The summed E-state index contributed by atoms with van der Waals surface area (Å²) < 4.78 is 0. The van der Waals surface area contributed by atoms with Gasteiger partial charge in [0.15, 0.2) is 0 Å². The molecule has 1 aliphatic carbocycles. The van der Waals surface area contributed by atoms with Gasteiger partial charge in [-0.15, -0.1) is 0 Å². The molecule has 0 heterocycles. The third kappa shape index (κ3) is 3.61. The summed E-state index contributed by atoms with van der Waals surface area (Å²) in [4.78, 5) is 0. The molecule has 0 fully saturated rings. The van der Waals surface area contributed by atoms with Crippen molar-refractivity contribution in [1.82, 2.24) is 0 Å². The Morgan fingerprint density at radius 1 is 1.12 bits per heavy atom. The highest BCUT2D eigenvalue weighted by molar-refractivity contribution is 6.30. The third-order valence-corrected chi connectivity index (χ3v) is 3.78. The van der Waals surface area contributed by atoms with Crippen molar-refractivity contribution < 1.29 is 0 Å². The van der Waals surface area contributed by atoms with E-state index in [1.54, 1.807) is 5.57 Å². The van der Waals surface area contributed by atoms with Gasteiger partial charge in [-0.2, -0.15) is 0 Å². The summed E-state index contributed by atoms with van der Waals surface area (Å²) in [5.74, 6) is 0. The molecule has 92 valence electrons. The fourth-order valence-electron chi connectivity index (χ4n) is 2.50. The topological polar surface area (TPSA) is 0 Å². The first-order valence-electron chi connectivity index (χ1n) is 6.75. The zero-order valence-corrected chi connectivity index (χ0v) is 11.4. The molecule has 0 atom stereocenters. The van der Waals surface area contributed by atoms with Gasteiger partial charge < -0.3 is 0 Å². The van der Waals surface area contributed by atoms with Crippen molar-refractivity contribution in [2.24, 2.45) is 0 Å². The minimum Gasteiger partial charge on any atom is -0.0843 e. The second-order valence-electron chi connectivity index (χ2n) is 4.97. The molecule has 0 nitrogen and oxygen atoms in total. The Morgan fingerprint density at radius 3 is 2.82 bits per heavy atom. The van der Waals surface area contributed by atoms with Crippen molar-refractivity contribution in [2.45, 2.75) is 51.9 Å². The van der Waals surface area contributed by atoms with Crippen LogP contribution in [-0.4, -0.2) is 0 Å². The smallest absolute Gasteiger partial charge is 0.0409 e. The van der Waals surface area contributed by atoms with Crippen LogP contribution in [0.1, 0.15) is 50.2 Å². The standard InChI is InChI=1S/C16H21Cl/c1-2-3-4-5-6-13-7-8-14-9-10-16(17)12-15(14)11-13/h7,9-10,12H,2-6,8,11H2,1H3. The Hall–Kier alpha value is -0.750. The first-order chi connectivity index (χ1) is 8.29. The van der Waals surface area contributed by atoms with E-state index in [9.17, 15) is 0 Å². The van der Waals surface area contributed by atoms with E-state index < -0.39 is 0 Å². The van der Waals surface area contributed by atoms with Gasteiger partial charge in [0, 0.05) is 5.02 Å². The predicted molar refractivity (Wildman–Crippen MR) is 75.7 cm³/mol. The molecule has 0 aliphatic heterocycles. The van der Waals surface area contributed by atoms with Crippen molar-refractivity contribution >= 4 is 11.6 Å². The van der Waals surface area contributed by atoms with Crippen LogP contribution in [-0.2, 0) is 12.8 Å². The maximum Gasteiger partial charge on any atom is 0.0409 e. The monoisotopic (exact) mass is 248 g/mol. The average molecular weight is 249 g/mol. The van der Waals surface area contributed by atoms with Crippen LogP contribution in [0.4, 0.5) is 0 Å². The van der Waals surface area contributed by atoms with Crippen molar-refractivity contribution in [3.63, 3.8) is 0 Å². The van der Waals surface area contributed by atoms with E-state index in [2.05, 4.69) is 25.1 Å². The Balaban J connectivity index is 1.90. The molecule has 0 radical (unpaired) electrons. The fourth-order valence-corrected chi connectivity index (χ4v) is 2.69. The van der Waals surface area contributed by atoms with E-state index >= 15 is 0 Å². The molecule has 1 heteroatoms. The van der Waals surface area contributed by atoms with Crippen LogP contribution in [0.25, 0.3) is 0 Å². The van der Waals surface area contributed by atoms with E-state index in [1.807, 2.05) is 6.07 Å². The lowest BCUT2D eigenvalue weighted by molar-refractivity contribution is 0.656. The fraction of sp³-hybridized carbons (Fsp3) is 0.500. The Kier molecular flexibility index (Phi) is 4.67. The number of fused-ring (bicyclic) bond motifs is 1. The van der Waals surface area contributed by atoms with Crippen LogP contribution in [0.15, 0.2) is 29.8 Å². The highest BCUT2D eigenvalue weighted by atomic mass is 35.5. The molecule has 1 aliphatic rings. The van der Waals surface area contributed by atoms with E-state index in [0.717, 1.165) is 17.9 Å². The van der Waals surface area contributed by atoms with Gasteiger partial charge in [0.1, 0.15) is 0 Å². The summed E-state index contributed by atoms with van der Waals surface area (Å²) >= 11 is 6.05. The molecular weight excluding hydrogens is 228 g/mol. The number of hydrogen-bond donors (Lipinski definition) is 0. The molecular formula is C16H21Cl. The third-order valence-electron chi connectivity index (χ3n) is 3.55. The summed E-state index contributed by atoms with van der Waals surface area (Å²) in [5, 5.41) is 0.871. The predicted octanol–water partition coefficient (Wildman–Crippen LogP) is 5.34. The van der Waals surface area contributed by atoms with Gasteiger partial charge in [-0.3, -0.25) is 0 Å².